The molecule has 0 bridgehead atoms. The van der Waals surface area contributed by atoms with Gasteiger partial charge in [-0.05, 0) is 53.0 Å². The molecule has 0 aliphatic heterocycles. The lowest BCUT2D eigenvalue weighted by Gasteiger charge is -2.19. The van der Waals surface area contributed by atoms with Crippen LogP contribution in [0.2, 0.25) is 0 Å². The van der Waals surface area contributed by atoms with Gasteiger partial charge in [-0.3, -0.25) is 14.9 Å². The van der Waals surface area contributed by atoms with E-state index in [0.717, 1.165) is 5.56 Å². The van der Waals surface area contributed by atoms with E-state index in [2.05, 4.69) is 31.4 Å². The third-order valence-corrected chi connectivity index (χ3v) is 4.01. The zero-order valence-electron chi connectivity index (χ0n) is 15.0. The molecule has 6 heteroatoms. The highest BCUT2D eigenvalue weighted by Gasteiger charge is 2.14. The summed E-state index contributed by atoms with van der Waals surface area (Å²) in [5.41, 5.74) is 3.07. The fraction of sp³-hybridized carbons (Fsp3) is 0.250. The predicted molar refractivity (Wildman–Crippen MR) is 107 cm³/mol. The van der Waals surface area contributed by atoms with Crippen molar-refractivity contribution in [3.63, 3.8) is 0 Å². The molecule has 0 aliphatic rings. The van der Waals surface area contributed by atoms with Crippen LogP contribution in [0.15, 0.2) is 48.5 Å². The number of nitrogens with one attached hydrogen (secondary N) is 2. The standard InChI is InChI=1S/C20H22N2O3S/c1-20(2,3)15-8-6-14(7-9-15)18(25)22-19(26)21-16-10-4-13(5-11-16)12-17(23)24/h4-11H,12H2,1-3H3,(H,23,24)(H2,21,22,25,26). The molecule has 0 unspecified atom stereocenters. The molecule has 26 heavy (non-hydrogen) atoms. The van der Waals surface area contributed by atoms with Crippen molar-refractivity contribution >= 4 is 34.9 Å². The van der Waals surface area contributed by atoms with Crippen LogP contribution in [-0.2, 0) is 16.6 Å². The summed E-state index contributed by atoms with van der Waals surface area (Å²) in [4.78, 5) is 23.0. The number of thiocarbonyl (C=S) groups is 1. The first-order chi connectivity index (χ1) is 12.1. The molecule has 0 radical (unpaired) electrons. The van der Waals surface area contributed by atoms with E-state index in [0.29, 0.717) is 16.8 Å². The molecule has 2 rings (SSSR count). The molecule has 0 heterocycles. The van der Waals surface area contributed by atoms with Crippen LogP contribution in [0, 0.1) is 0 Å². The van der Waals surface area contributed by atoms with Crippen molar-refractivity contribution in [3.05, 3.63) is 65.2 Å². The summed E-state index contributed by atoms with van der Waals surface area (Å²) in [6.07, 6.45) is -0.0357. The van der Waals surface area contributed by atoms with Crippen molar-refractivity contribution in [1.29, 1.82) is 0 Å². The lowest BCUT2D eigenvalue weighted by atomic mass is 9.87. The molecule has 0 spiro atoms. The Balaban J connectivity index is 1.94. The Bertz CT molecular complexity index is 806. The maximum absolute atomic E-state index is 12.3. The number of carboxylic acid groups (broad SMARTS) is 1. The van der Waals surface area contributed by atoms with Crippen molar-refractivity contribution < 1.29 is 14.7 Å². The fourth-order valence-corrected chi connectivity index (χ4v) is 2.55. The number of benzene rings is 2. The van der Waals surface area contributed by atoms with Crippen molar-refractivity contribution in [1.82, 2.24) is 5.32 Å². The summed E-state index contributed by atoms with van der Waals surface area (Å²) >= 11 is 5.16. The summed E-state index contributed by atoms with van der Waals surface area (Å²) in [6, 6.07) is 14.3. The summed E-state index contributed by atoms with van der Waals surface area (Å²) in [5, 5.41) is 14.5. The predicted octanol–water partition coefficient (Wildman–Crippen LogP) is 3.74. The SMILES string of the molecule is CC(C)(C)c1ccc(C(=O)NC(=S)Nc2ccc(CC(=O)O)cc2)cc1. The lowest BCUT2D eigenvalue weighted by molar-refractivity contribution is -0.136. The van der Waals surface area contributed by atoms with Gasteiger partial charge in [0.2, 0.25) is 0 Å². The molecule has 2 aromatic rings. The van der Waals surface area contributed by atoms with E-state index in [1.54, 1.807) is 36.4 Å². The Labute approximate surface area is 158 Å². The average molecular weight is 370 g/mol. The highest BCUT2D eigenvalue weighted by molar-refractivity contribution is 7.80. The van der Waals surface area contributed by atoms with E-state index in [-0.39, 0.29) is 22.9 Å². The molecule has 1 amide bonds. The maximum Gasteiger partial charge on any atom is 0.307 e. The molecule has 5 nitrogen and oxygen atoms in total. The topological polar surface area (TPSA) is 78.4 Å². The van der Waals surface area contributed by atoms with Gasteiger partial charge < -0.3 is 10.4 Å². The van der Waals surface area contributed by atoms with Crippen LogP contribution >= 0.6 is 12.2 Å². The molecule has 3 N–H and O–H groups in total. The molecule has 0 aliphatic carbocycles. The molecule has 2 aromatic carbocycles. The molecule has 0 fully saturated rings. The normalized spacial score (nSPS) is 10.9. The maximum atomic E-state index is 12.3. The number of hydrogen-bond donors (Lipinski definition) is 3. The van der Waals surface area contributed by atoms with Crippen LogP contribution in [0.4, 0.5) is 5.69 Å². The summed E-state index contributed by atoms with van der Waals surface area (Å²) < 4.78 is 0. The van der Waals surface area contributed by atoms with Gasteiger partial charge in [0.25, 0.3) is 5.91 Å². The van der Waals surface area contributed by atoms with Crippen LogP contribution < -0.4 is 10.6 Å². The van der Waals surface area contributed by atoms with E-state index in [1.807, 2.05) is 12.1 Å². The summed E-state index contributed by atoms with van der Waals surface area (Å²) in [6.45, 7) is 6.34. The second-order valence-electron chi connectivity index (χ2n) is 7.00. The minimum absolute atomic E-state index is 0.0265. The van der Waals surface area contributed by atoms with Crippen molar-refractivity contribution in [2.24, 2.45) is 0 Å². The Morgan fingerprint density at radius 2 is 1.58 bits per heavy atom. The number of anilines is 1. The van der Waals surface area contributed by atoms with Gasteiger partial charge in [0, 0.05) is 11.3 Å². The highest BCUT2D eigenvalue weighted by Crippen LogP contribution is 2.22. The van der Waals surface area contributed by atoms with Gasteiger partial charge in [0.05, 0.1) is 6.42 Å². The van der Waals surface area contributed by atoms with Gasteiger partial charge in [0.15, 0.2) is 5.11 Å². The zero-order valence-corrected chi connectivity index (χ0v) is 15.8. The largest absolute Gasteiger partial charge is 0.481 e. The first-order valence-corrected chi connectivity index (χ1v) is 8.59. The number of carboxylic acids is 1. The number of amides is 1. The van der Waals surface area contributed by atoms with Gasteiger partial charge in [0.1, 0.15) is 0 Å². The second-order valence-corrected chi connectivity index (χ2v) is 7.41. The number of rotatable bonds is 4. The monoisotopic (exact) mass is 370 g/mol. The Hall–Kier alpha value is -2.73. The van der Waals surface area contributed by atoms with Gasteiger partial charge in [-0.2, -0.15) is 0 Å². The van der Waals surface area contributed by atoms with Crippen LogP contribution in [0.5, 0.6) is 0 Å². The van der Waals surface area contributed by atoms with Crippen molar-refractivity contribution in [2.45, 2.75) is 32.6 Å². The number of carbonyl (C=O) groups excluding carboxylic acids is 1. The highest BCUT2D eigenvalue weighted by atomic mass is 32.1. The van der Waals surface area contributed by atoms with E-state index >= 15 is 0 Å². The Morgan fingerprint density at radius 1 is 1.00 bits per heavy atom. The van der Waals surface area contributed by atoms with E-state index in [4.69, 9.17) is 17.3 Å². The second kappa shape index (κ2) is 8.10. The quantitative estimate of drug-likeness (QED) is 0.715. The summed E-state index contributed by atoms with van der Waals surface area (Å²) in [7, 11) is 0. The third-order valence-electron chi connectivity index (χ3n) is 3.81. The molecule has 0 atom stereocenters. The van der Waals surface area contributed by atoms with Gasteiger partial charge in [-0.1, -0.05) is 45.0 Å². The van der Waals surface area contributed by atoms with Crippen LogP contribution in [0.25, 0.3) is 0 Å². The van der Waals surface area contributed by atoms with Gasteiger partial charge in [-0.25, -0.2) is 0 Å². The van der Waals surface area contributed by atoms with Crippen molar-refractivity contribution in [3.8, 4) is 0 Å². The van der Waals surface area contributed by atoms with Crippen LogP contribution in [0.1, 0.15) is 42.3 Å². The fourth-order valence-electron chi connectivity index (χ4n) is 2.34. The molecular weight excluding hydrogens is 348 g/mol. The van der Waals surface area contributed by atoms with E-state index in [1.165, 1.54) is 0 Å². The molecule has 0 saturated heterocycles. The zero-order chi connectivity index (χ0) is 19.3. The van der Waals surface area contributed by atoms with Crippen LogP contribution in [0.3, 0.4) is 0 Å². The minimum Gasteiger partial charge on any atom is -0.481 e. The molecule has 136 valence electrons. The number of hydrogen-bond acceptors (Lipinski definition) is 3. The average Bonchev–Trinajstić information content (AvgIpc) is 2.55. The van der Waals surface area contributed by atoms with Gasteiger partial charge >= 0.3 is 5.97 Å². The van der Waals surface area contributed by atoms with Crippen molar-refractivity contribution in [2.75, 3.05) is 5.32 Å². The Kier molecular flexibility index (Phi) is 6.10. The van der Waals surface area contributed by atoms with Gasteiger partial charge in [-0.15, -0.1) is 0 Å². The summed E-state index contributed by atoms with van der Waals surface area (Å²) in [5.74, 6) is -1.17. The number of carbonyl (C=O) groups is 2. The Morgan fingerprint density at radius 3 is 2.08 bits per heavy atom. The third kappa shape index (κ3) is 5.67. The van der Waals surface area contributed by atoms with Crippen LogP contribution in [-0.4, -0.2) is 22.1 Å². The molecule has 0 aromatic heterocycles. The molecular formula is C20H22N2O3S. The minimum atomic E-state index is -0.883. The van der Waals surface area contributed by atoms with E-state index in [9.17, 15) is 9.59 Å². The molecule has 0 saturated carbocycles. The first-order valence-electron chi connectivity index (χ1n) is 8.19. The smallest absolute Gasteiger partial charge is 0.307 e. The first kappa shape index (κ1) is 19.6. The number of aliphatic carboxylic acids is 1. The lowest BCUT2D eigenvalue weighted by Crippen LogP contribution is -2.34. The van der Waals surface area contributed by atoms with E-state index < -0.39 is 5.97 Å².